The second kappa shape index (κ2) is 7.72. The average Bonchev–Trinajstić information content (AvgIpc) is 3.26. The molecule has 0 unspecified atom stereocenters. The van der Waals surface area contributed by atoms with Crippen LogP contribution in [0.2, 0.25) is 5.02 Å². The highest BCUT2D eigenvalue weighted by Crippen LogP contribution is 2.28. The van der Waals surface area contributed by atoms with Crippen LogP contribution in [0.5, 0.6) is 0 Å². The number of benzene rings is 1. The molecule has 0 saturated carbocycles. The maximum Gasteiger partial charge on any atom is 0.275 e. The van der Waals surface area contributed by atoms with Crippen LogP contribution in [0, 0.1) is 6.92 Å². The fourth-order valence-corrected chi connectivity index (χ4v) is 3.10. The van der Waals surface area contributed by atoms with Crippen molar-refractivity contribution in [2.24, 2.45) is 0 Å². The van der Waals surface area contributed by atoms with Gasteiger partial charge in [-0.15, -0.1) is 11.3 Å². The number of carbonyl (C=O) groups is 2. The van der Waals surface area contributed by atoms with Crippen molar-refractivity contribution in [1.29, 1.82) is 0 Å². The van der Waals surface area contributed by atoms with E-state index >= 15 is 0 Å². The molecule has 2 heterocycles. The van der Waals surface area contributed by atoms with Gasteiger partial charge in [-0.2, -0.15) is 0 Å². The van der Waals surface area contributed by atoms with Crippen molar-refractivity contribution >= 4 is 46.1 Å². The van der Waals surface area contributed by atoms with Gasteiger partial charge in [0.15, 0.2) is 10.8 Å². The van der Waals surface area contributed by atoms with Crippen molar-refractivity contribution in [1.82, 2.24) is 4.98 Å². The van der Waals surface area contributed by atoms with E-state index in [-0.39, 0.29) is 11.6 Å². The summed E-state index contributed by atoms with van der Waals surface area (Å²) in [7, 11) is 0. The van der Waals surface area contributed by atoms with Crippen LogP contribution in [-0.2, 0) is 4.79 Å². The molecule has 0 bridgehead atoms. The third-order valence-electron chi connectivity index (χ3n) is 3.51. The molecule has 2 aromatic heterocycles. The number of rotatable bonds is 5. The minimum Gasteiger partial charge on any atom is -0.459 e. The van der Waals surface area contributed by atoms with Crippen LogP contribution in [0.1, 0.15) is 29.6 Å². The Morgan fingerprint density at radius 1 is 1.23 bits per heavy atom. The SMILES string of the molecule is CCC(=O)Nc1ccc(Cl)c(NC(=O)c2csc(-c3ccc(C)o3)n2)c1. The second-order valence-electron chi connectivity index (χ2n) is 5.50. The van der Waals surface area contributed by atoms with E-state index in [1.165, 1.54) is 11.3 Å². The summed E-state index contributed by atoms with van der Waals surface area (Å²) in [5.41, 5.74) is 1.22. The molecule has 0 aliphatic heterocycles. The zero-order valence-electron chi connectivity index (χ0n) is 14.1. The van der Waals surface area contributed by atoms with Crippen molar-refractivity contribution in [2.75, 3.05) is 10.6 Å². The van der Waals surface area contributed by atoms with Gasteiger partial charge in [0.25, 0.3) is 5.91 Å². The summed E-state index contributed by atoms with van der Waals surface area (Å²) in [4.78, 5) is 28.3. The van der Waals surface area contributed by atoms with Crippen LogP contribution in [0.4, 0.5) is 11.4 Å². The van der Waals surface area contributed by atoms with E-state index < -0.39 is 5.91 Å². The van der Waals surface area contributed by atoms with Crippen LogP contribution < -0.4 is 10.6 Å². The lowest BCUT2D eigenvalue weighted by atomic mass is 10.2. The van der Waals surface area contributed by atoms with Gasteiger partial charge < -0.3 is 15.1 Å². The lowest BCUT2D eigenvalue weighted by Gasteiger charge is -2.09. The van der Waals surface area contributed by atoms with Crippen molar-refractivity contribution in [2.45, 2.75) is 20.3 Å². The molecule has 2 amide bonds. The molecule has 6 nitrogen and oxygen atoms in total. The van der Waals surface area contributed by atoms with Gasteiger partial charge in [0.1, 0.15) is 11.5 Å². The summed E-state index contributed by atoms with van der Waals surface area (Å²) in [5.74, 6) is 0.881. The highest BCUT2D eigenvalue weighted by Gasteiger charge is 2.15. The number of hydrogen-bond donors (Lipinski definition) is 2. The number of amides is 2. The van der Waals surface area contributed by atoms with E-state index in [2.05, 4.69) is 15.6 Å². The molecule has 2 N–H and O–H groups in total. The lowest BCUT2D eigenvalue weighted by Crippen LogP contribution is -2.14. The van der Waals surface area contributed by atoms with Gasteiger partial charge in [0, 0.05) is 17.5 Å². The Morgan fingerprint density at radius 2 is 2.04 bits per heavy atom. The minimum absolute atomic E-state index is 0.123. The molecule has 0 aliphatic carbocycles. The summed E-state index contributed by atoms with van der Waals surface area (Å²) in [6.07, 6.45) is 0.359. The van der Waals surface area contributed by atoms with Crippen LogP contribution in [0.3, 0.4) is 0 Å². The Morgan fingerprint density at radius 3 is 2.73 bits per heavy atom. The van der Waals surface area contributed by atoms with E-state index in [0.717, 1.165) is 5.76 Å². The molecule has 1 aromatic carbocycles. The van der Waals surface area contributed by atoms with E-state index in [9.17, 15) is 9.59 Å². The summed E-state index contributed by atoms with van der Waals surface area (Å²) >= 11 is 7.46. The highest BCUT2D eigenvalue weighted by atomic mass is 35.5. The first-order valence-corrected chi connectivity index (χ1v) is 9.15. The molecular weight excluding hydrogens is 374 g/mol. The fraction of sp³-hybridized carbons (Fsp3) is 0.167. The Bertz CT molecular complexity index is 964. The molecular formula is C18H16ClN3O3S. The first-order valence-electron chi connectivity index (χ1n) is 7.89. The van der Waals surface area contributed by atoms with Gasteiger partial charge in [0.2, 0.25) is 5.91 Å². The first-order chi connectivity index (χ1) is 12.5. The Balaban J connectivity index is 1.76. The van der Waals surface area contributed by atoms with E-state index in [4.69, 9.17) is 16.0 Å². The van der Waals surface area contributed by atoms with Gasteiger partial charge in [0.05, 0.1) is 10.7 Å². The van der Waals surface area contributed by atoms with Gasteiger partial charge in [-0.25, -0.2) is 4.98 Å². The number of aryl methyl sites for hydroxylation is 1. The van der Waals surface area contributed by atoms with Crippen molar-refractivity contribution in [3.8, 4) is 10.8 Å². The molecule has 26 heavy (non-hydrogen) atoms. The number of nitrogens with one attached hydrogen (secondary N) is 2. The first kappa shape index (κ1) is 18.2. The Hall–Kier alpha value is -2.64. The number of hydrogen-bond acceptors (Lipinski definition) is 5. The van der Waals surface area contributed by atoms with Crippen LogP contribution in [0.25, 0.3) is 10.8 Å². The average molecular weight is 390 g/mol. The van der Waals surface area contributed by atoms with Gasteiger partial charge >= 0.3 is 0 Å². The largest absolute Gasteiger partial charge is 0.459 e. The highest BCUT2D eigenvalue weighted by molar-refractivity contribution is 7.13. The normalized spacial score (nSPS) is 10.6. The molecule has 0 fully saturated rings. The van der Waals surface area contributed by atoms with Gasteiger partial charge in [-0.3, -0.25) is 9.59 Å². The van der Waals surface area contributed by atoms with E-state index in [1.807, 2.05) is 19.1 Å². The third-order valence-corrected chi connectivity index (χ3v) is 4.69. The standard InChI is InChI=1S/C18H16ClN3O3S/c1-3-16(23)20-11-5-6-12(19)13(8-11)21-17(24)14-9-26-18(22-14)15-7-4-10(2)25-15/h4-9H,3H2,1-2H3,(H,20,23)(H,21,24). The number of aromatic nitrogens is 1. The number of carbonyl (C=O) groups excluding carboxylic acids is 2. The van der Waals surface area contributed by atoms with Crippen molar-refractivity contribution in [3.05, 3.63) is 52.2 Å². The number of thiazole rings is 1. The van der Waals surface area contributed by atoms with Crippen LogP contribution >= 0.6 is 22.9 Å². The number of anilines is 2. The minimum atomic E-state index is -0.392. The topological polar surface area (TPSA) is 84.2 Å². The van der Waals surface area contributed by atoms with Crippen LogP contribution in [0.15, 0.2) is 40.1 Å². The number of halogens is 1. The molecule has 0 aliphatic rings. The van der Waals surface area contributed by atoms with Gasteiger partial charge in [-0.05, 0) is 37.3 Å². The molecule has 134 valence electrons. The van der Waals surface area contributed by atoms with E-state index in [1.54, 1.807) is 30.5 Å². The molecule has 0 saturated heterocycles. The summed E-state index contributed by atoms with van der Waals surface area (Å²) < 4.78 is 5.52. The molecule has 0 atom stereocenters. The molecule has 0 spiro atoms. The summed E-state index contributed by atoms with van der Waals surface area (Å²) in [5, 5.41) is 8.09. The summed E-state index contributed by atoms with van der Waals surface area (Å²) in [6, 6.07) is 8.54. The molecule has 3 rings (SSSR count). The predicted molar refractivity (Wildman–Crippen MR) is 103 cm³/mol. The molecule has 3 aromatic rings. The van der Waals surface area contributed by atoms with Crippen molar-refractivity contribution < 1.29 is 14.0 Å². The third kappa shape index (κ3) is 4.12. The summed E-state index contributed by atoms with van der Waals surface area (Å²) in [6.45, 7) is 3.60. The zero-order chi connectivity index (χ0) is 18.7. The fourth-order valence-electron chi connectivity index (χ4n) is 2.18. The smallest absolute Gasteiger partial charge is 0.275 e. The Labute approximate surface area is 159 Å². The van der Waals surface area contributed by atoms with Gasteiger partial charge in [-0.1, -0.05) is 18.5 Å². The quantitative estimate of drug-likeness (QED) is 0.645. The maximum absolute atomic E-state index is 12.5. The predicted octanol–water partition coefficient (Wildman–Crippen LogP) is 4.97. The second-order valence-corrected chi connectivity index (χ2v) is 6.76. The van der Waals surface area contributed by atoms with Crippen molar-refractivity contribution in [3.63, 3.8) is 0 Å². The molecule has 8 heteroatoms. The van der Waals surface area contributed by atoms with Crippen LogP contribution in [-0.4, -0.2) is 16.8 Å². The zero-order valence-corrected chi connectivity index (χ0v) is 15.7. The maximum atomic E-state index is 12.5. The van der Waals surface area contributed by atoms with E-state index in [0.29, 0.717) is 33.6 Å². The lowest BCUT2D eigenvalue weighted by molar-refractivity contribution is -0.115. The number of furan rings is 1. The molecule has 0 radical (unpaired) electrons. The monoisotopic (exact) mass is 389 g/mol. The number of nitrogens with zero attached hydrogens (tertiary/aromatic N) is 1. The Kier molecular flexibility index (Phi) is 5.39.